The predicted octanol–water partition coefficient (Wildman–Crippen LogP) is 3.46. The van der Waals surface area contributed by atoms with E-state index in [1.165, 1.54) is 0 Å². The van der Waals surface area contributed by atoms with Crippen molar-refractivity contribution in [2.75, 3.05) is 24.9 Å². The Bertz CT molecular complexity index is 1090. The Morgan fingerprint density at radius 2 is 1.81 bits per heavy atom. The number of ether oxygens (including phenoxy) is 2. The fraction of sp³-hybridized carbons (Fsp3) is 0.227. The Kier molecular flexibility index (Phi) is 7.87. The van der Waals surface area contributed by atoms with Crippen molar-refractivity contribution >= 4 is 34.9 Å². The quantitative estimate of drug-likeness (QED) is 0.295. The van der Waals surface area contributed by atoms with Crippen molar-refractivity contribution < 1.29 is 9.47 Å². The van der Waals surface area contributed by atoms with Gasteiger partial charge >= 0.3 is 0 Å². The summed E-state index contributed by atoms with van der Waals surface area (Å²) in [5.74, 6) is 2.08. The number of hydrogen-bond donors (Lipinski definition) is 3. The van der Waals surface area contributed by atoms with Gasteiger partial charge < -0.3 is 20.1 Å². The van der Waals surface area contributed by atoms with Crippen LogP contribution in [0, 0.1) is 13.8 Å². The molecule has 3 rings (SSSR count). The van der Waals surface area contributed by atoms with Crippen molar-refractivity contribution in [2.45, 2.75) is 20.4 Å². The van der Waals surface area contributed by atoms with Crippen LogP contribution in [-0.2, 0) is 6.54 Å². The second kappa shape index (κ2) is 11.0. The Morgan fingerprint density at radius 3 is 2.47 bits per heavy atom. The third kappa shape index (κ3) is 6.61. The first-order chi connectivity index (χ1) is 15.5. The Balaban J connectivity index is 1.78. The van der Waals surface area contributed by atoms with Crippen molar-refractivity contribution in [1.29, 1.82) is 0 Å². The van der Waals surface area contributed by atoms with Gasteiger partial charge in [0.15, 0.2) is 5.11 Å². The van der Waals surface area contributed by atoms with Gasteiger partial charge in [0.1, 0.15) is 11.5 Å². The number of nitrogens with one attached hydrogen (secondary N) is 3. The fourth-order valence-corrected chi connectivity index (χ4v) is 3.03. The third-order valence-corrected chi connectivity index (χ3v) is 4.45. The highest BCUT2D eigenvalue weighted by molar-refractivity contribution is 7.80. The smallest absolute Gasteiger partial charge is 0.229 e. The Hall–Kier alpha value is -3.79. The van der Waals surface area contributed by atoms with Gasteiger partial charge in [0, 0.05) is 29.8 Å². The lowest BCUT2D eigenvalue weighted by molar-refractivity contribution is 0.395. The van der Waals surface area contributed by atoms with Crippen LogP contribution in [0.25, 0.3) is 0 Å². The standard InChI is InChI=1S/C22H25N7O2S/c1-14-10-15(2)26-21(25-14)28-20(24-13-16-6-5-9-23-12-16)29-22(32)27-18-8-7-17(30-3)11-19(18)31-4/h5-12H,13H2,1-4H3,(H3,24,25,26,27,28,29,32). The molecule has 0 spiro atoms. The lowest BCUT2D eigenvalue weighted by atomic mass is 10.2. The number of pyridine rings is 1. The number of thiocarbonyl (C=S) groups is 1. The molecule has 2 heterocycles. The monoisotopic (exact) mass is 451 g/mol. The van der Waals surface area contributed by atoms with E-state index < -0.39 is 0 Å². The number of rotatable bonds is 6. The highest BCUT2D eigenvalue weighted by Gasteiger charge is 2.10. The number of methoxy groups -OCH3 is 2. The molecule has 3 aromatic rings. The molecule has 0 aliphatic carbocycles. The van der Waals surface area contributed by atoms with Crippen LogP contribution in [0.5, 0.6) is 11.5 Å². The maximum absolute atomic E-state index is 5.50. The summed E-state index contributed by atoms with van der Waals surface area (Å²) >= 11 is 5.50. The molecule has 166 valence electrons. The van der Waals surface area contributed by atoms with Crippen molar-refractivity contribution in [3.8, 4) is 11.5 Å². The van der Waals surface area contributed by atoms with E-state index in [0.717, 1.165) is 17.0 Å². The molecule has 0 unspecified atom stereocenters. The van der Waals surface area contributed by atoms with E-state index >= 15 is 0 Å². The van der Waals surface area contributed by atoms with Crippen LogP contribution in [0.4, 0.5) is 11.6 Å². The second-order valence-corrected chi connectivity index (χ2v) is 7.18. The molecule has 9 nitrogen and oxygen atoms in total. The minimum atomic E-state index is 0.315. The van der Waals surface area contributed by atoms with Gasteiger partial charge in [-0.2, -0.15) is 0 Å². The number of benzene rings is 1. The molecule has 0 bridgehead atoms. The molecule has 0 saturated carbocycles. The average Bonchev–Trinajstić information content (AvgIpc) is 2.77. The van der Waals surface area contributed by atoms with Gasteiger partial charge in [-0.05, 0) is 55.9 Å². The Labute approximate surface area is 192 Å². The molecule has 1 aromatic carbocycles. The van der Waals surface area contributed by atoms with Crippen LogP contribution in [0.2, 0.25) is 0 Å². The van der Waals surface area contributed by atoms with Crippen molar-refractivity contribution in [3.05, 3.63) is 65.7 Å². The molecule has 2 aromatic heterocycles. The van der Waals surface area contributed by atoms with E-state index in [1.807, 2.05) is 44.2 Å². The summed E-state index contributed by atoms with van der Waals surface area (Å²) in [5.41, 5.74) is 3.32. The molecular weight excluding hydrogens is 426 g/mol. The number of nitrogens with zero attached hydrogens (tertiary/aromatic N) is 4. The highest BCUT2D eigenvalue weighted by Crippen LogP contribution is 2.28. The molecule has 3 N–H and O–H groups in total. The molecule has 0 atom stereocenters. The fourth-order valence-electron chi connectivity index (χ4n) is 2.82. The van der Waals surface area contributed by atoms with E-state index in [0.29, 0.717) is 40.8 Å². The zero-order valence-corrected chi connectivity index (χ0v) is 19.2. The lowest BCUT2D eigenvalue weighted by Crippen LogP contribution is -2.39. The number of aliphatic imine (C=N–C) groups is 1. The first-order valence-corrected chi connectivity index (χ1v) is 10.2. The second-order valence-electron chi connectivity index (χ2n) is 6.77. The molecule has 0 aliphatic rings. The molecule has 0 fully saturated rings. The van der Waals surface area contributed by atoms with Crippen molar-refractivity contribution in [1.82, 2.24) is 20.3 Å². The largest absolute Gasteiger partial charge is 0.497 e. The van der Waals surface area contributed by atoms with E-state index in [9.17, 15) is 0 Å². The molecule has 0 aliphatic heterocycles. The van der Waals surface area contributed by atoms with Crippen LogP contribution < -0.4 is 25.4 Å². The molecule has 32 heavy (non-hydrogen) atoms. The van der Waals surface area contributed by atoms with Gasteiger partial charge in [-0.25, -0.2) is 15.0 Å². The molecule has 0 radical (unpaired) electrons. The number of aryl methyl sites for hydroxylation is 2. The lowest BCUT2D eigenvalue weighted by Gasteiger charge is -2.16. The van der Waals surface area contributed by atoms with E-state index in [-0.39, 0.29) is 0 Å². The molecule has 0 amide bonds. The predicted molar refractivity (Wildman–Crippen MR) is 129 cm³/mol. The summed E-state index contributed by atoms with van der Waals surface area (Å²) in [5, 5.41) is 9.62. The molecule has 0 saturated heterocycles. The molecular formula is C22H25N7O2S. The average molecular weight is 452 g/mol. The Morgan fingerprint density at radius 1 is 1.03 bits per heavy atom. The topological polar surface area (TPSA) is 106 Å². The first kappa shape index (κ1) is 22.9. The zero-order valence-electron chi connectivity index (χ0n) is 18.3. The van der Waals surface area contributed by atoms with Crippen LogP contribution in [0.15, 0.2) is 53.8 Å². The summed E-state index contributed by atoms with van der Waals surface area (Å²) in [6.07, 6.45) is 3.47. The maximum atomic E-state index is 5.50. The first-order valence-electron chi connectivity index (χ1n) is 9.79. The minimum Gasteiger partial charge on any atom is -0.497 e. The number of anilines is 2. The van der Waals surface area contributed by atoms with Crippen molar-refractivity contribution in [3.63, 3.8) is 0 Å². The highest BCUT2D eigenvalue weighted by atomic mass is 32.1. The number of aromatic nitrogens is 3. The van der Waals surface area contributed by atoms with Gasteiger partial charge in [-0.15, -0.1) is 0 Å². The van der Waals surface area contributed by atoms with Gasteiger partial charge in [-0.1, -0.05) is 6.07 Å². The van der Waals surface area contributed by atoms with Gasteiger partial charge in [0.2, 0.25) is 11.9 Å². The van der Waals surface area contributed by atoms with Crippen LogP contribution in [0.1, 0.15) is 17.0 Å². The van der Waals surface area contributed by atoms with Gasteiger partial charge in [0.05, 0.1) is 26.5 Å². The summed E-state index contributed by atoms with van der Waals surface area (Å²) in [7, 11) is 3.18. The van der Waals surface area contributed by atoms with E-state index in [2.05, 4.69) is 35.9 Å². The van der Waals surface area contributed by atoms with Crippen LogP contribution in [0.3, 0.4) is 0 Å². The van der Waals surface area contributed by atoms with Gasteiger partial charge in [-0.3, -0.25) is 10.3 Å². The van der Waals surface area contributed by atoms with E-state index in [4.69, 9.17) is 21.7 Å². The SMILES string of the molecule is COc1ccc(NC(=S)NC(=NCc2cccnc2)Nc2nc(C)cc(C)n2)c(OC)c1. The number of guanidine groups is 1. The minimum absolute atomic E-state index is 0.315. The van der Waals surface area contributed by atoms with Crippen LogP contribution >= 0.6 is 12.2 Å². The van der Waals surface area contributed by atoms with E-state index in [1.54, 1.807) is 32.7 Å². The normalized spacial score (nSPS) is 10.9. The third-order valence-electron chi connectivity index (χ3n) is 4.24. The summed E-state index contributed by atoms with van der Waals surface area (Å²) in [4.78, 5) is 17.5. The maximum Gasteiger partial charge on any atom is 0.229 e. The summed E-state index contributed by atoms with van der Waals surface area (Å²) < 4.78 is 10.7. The van der Waals surface area contributed by atoms with Crippen molar-refractivity contribution in [2.24, 2.45) is 4.99 Å². The number of hydrogen-bond acceptors (Lipinski definition) is 7. The van der Waals surface area contributed by atoms with Gasteiger partial charge in [0.25, 0.3) is 0 Å². The zero-order chi connectivity index (χ0) is 22.9. The molecule has 10 heteroatoms. The summed E-state index contributed by atoms with van der Waals surface area (Å²) in [6, 6.07) is 11.1. The summed E-state index contributed by atoms with van der Waals surface area (Å²) in [6.45, 7) is 4.20. The van der Waals surface area contributed by atoms with Crippen LogP contribution in [-0.4, -0.2) is 40.2 Å².